The van der Waals surface area contributed by atoms with Crippen LogP contribution in [0.4, 0.5) is 11.4 Å². The van der Waals surface area contributed by atoms with Crippen molar-refractivity contribution in [2.75, 3.05) is 18.0 Å². The minimum absolute atomic E-state index is 0.0241. The smallest absolute Gasteiger partial charge is 0.272 e. The zero-order valence-electron chi connectivity index (χ0n) is 24.1. The second kappa shape index (κ2) is 14.9. The highest BCUT2D eigenvalue weighted by atomic mass is 16.6. The molecule has 42 heavy (non-hydrogen) atoms. The van der Waals surface area contributed by atoms with Gasteiger partial charge >= 0.3 is 0 Å². The predicted octanol–water partition coefficient (Wildman–Crippen LogP) is 3.24. The van der Waals surface area contributed by atoms with Crippen LogP contribution in [-0.4, -0.2) is 65.1 Å². The van der Waals surface area contributed by atoms with E-state index in [-0.39, 0.29) is 35.7 Å². The lowest BCUT2D eigenvalue weighted by Gasteiger charge is -2.28. The molecule has 0 aromatic heterocycles. The third-order valence-electron chi connectivity index (χ3n) is 8.07. The normalized spacial score (nSPS) is 18.1. The summed E-state index contributed by atoms with van der Waals surface area (Å²) in [6, 6.07) is 12.2. The van der Waals surface area contributed by atoms with Crippen LogP contribution in [0.1, 0.15) is 74.2 Å². The zero-order valence-corrected chi connectivity index (χ0v) is 24.1. The van der Waals surface area contributed by atoms with Gasteiger partial charge in [0.25, 0.3) is 11.6 Å². The van der Waals surface area contributed by atoms with Crippen LogP contribution in [0.15, 0.2) is 48.5 Å². The molecule has 1 saturated heterocycles. The average Bonchev–Trinajstić information content (AvgIpc) is 3.00. The first-order valence-corrected chi connectivity index (χ1v) is 14.9. The number of piperidine rings is 1. The third-order valence-corrected chi connectivity index (χ3v) is 8.07. The molecule has 2 fully saturated rings. The molecule has 0 bridgehead atoms. The number of non-ortho nitro benzene ring substituents is 1. The minimum atomic E-state index is -1.07. The molecule has 2 aliphatic rings. The number of anilines is 1. The van der Waals surface area contributed by atoms with Gasteiger partial charge in [-0.25, -0.2) is 0 Å². The number of nitrogens with zero attached hydrogens (tertiary/aromatic N) is 2. The average molecular weight is 580 g/mol. The molecule has 2 aromatic carbocycles. The minimum Gasteiger partial charge on any atom is -0.390 e. The summed E-state index contributed by atoms with van der Waals surface area (Å²) in [7, 11) is 0. The summed E-state index contributed by atoms with van der Waals surface area (Å²) >= 11 is 0. The number of nitro groups is 1. The fourth-order valence-corrected chi connectivity index (χ4v) is 5.57. The summed E-state index contributed by atoms with van der Waals surface area (Å²) in [5.41, 5.74) is 0.911. The first kappa shape index (κ1) is 31.1. The van der Waals surface area contributed by atoms with Crippen LogP contribution in [0.2, 0.25) is 0 Å². The summed E-state index contributed by atoms with van der Waals surface area (Å²) in [6.07, 6.45) is 6.44. The van der Waals surface area contributed by atoms with Gasteiger partial charge in [0.05, 0.1) is 28.8 Å². The molecule has 0 unspecified atom stereocenters. The number of carbonyl (C=O) groups excluding carboxylic acids is 3. The Hall–Kier alpha value is -3.83. The van der Waals surface area contributed by atoms with Crippen molar-refractivity contribution in [2.45, 2.75) is 88.9 Å². The monoisotopic (exact) mass is 579 g/mol. The molecule has 0 radical (unpaired) electrons. The van der Waals surface area contributed by atoms with E-state index in [4.69, 9.17) is 0 Å². The number of aliphatic hydroxyl groups excluding tert-OH is 1. The number of nitrogens with one attached hydrogen (secondary N) is 3. The van der Waals surface area contributed by atoms with Gasteiger partial charge in [-0.1, -0.05) is 49.6 Å². The van der Waals surface area contributed by atoms with Gasteiger partial charge in [0.1, 0.15) is 0 Å². The molecule has 1 aliphatic heterocycles. The van der Waals surface area contributed by atoms with Gasteiger partial charge < -0.3 is 26.0 Å². The number of hydrogen-bond acceptors (Lipinski definition) is 7. The van der Waals surface area contributed by atoms with Crippen molar-refractivity contribution in [1.29, 1.82) is 0 Å². The number of rotatable bonds is 12. The van der Waals surface area contributed by atoms with E-state index in [1.807, 2.05) is 30.3 Å². The second-order valence-electron chi connectivity index (χ2n) is 11.3. The van der Waals surface area contributed by atoms with Crippen molar-refractivity contribution in [2.24, 2.45) is 0 Å². The summed E-state index contributed by atoms with van der Waals surface area (Å²) in [5.74, 6) is -0.875. The highest BCUT2D eigenvalue weighted by Crippen LogP contribution is 2.27. The molecule has 1 aliphatic carbocycles. The van der Waals surface area contributed by atoms with Crippen molar-refractivity contribution in [3.63, 3.8) is 0 Å². The van der Waals surface area contributed by atoms with Gasteiger partial charge in [0.15, 0.2) is 0 Å². The highest BCUT2D eigenvalue weighted by molar-refractivity contribution is 5.99. The molecule has 2 aromatic rings. The number of amides is 3. The van der Waals surface area contributed by atoms with E-state index in [9.17, 15) is 29.6 Å². The van der Waals surface area contributed by atoms with Gasteiger partial charge in [0, 0.05) is 43.2 Å². The Labute approximate surface area is 246 Å². The Bertz CT molecular complexity index is 1250. The number of nitro benzene ring substituents is 1. The lowest BCUT2D eigenvalue weighted by atomic mass is 9.95. The van der Waals surface area contributed by atoms with Gasteiger partial charge in [0.2, 0.25) is 11.8 Å². The van der Waals surface area contributed by atoms with Gasteiger partial charge in [-0.05, 0) is 50.7 Å². The molecule has 11 nitrogen and oxygen atoms in total. The standard InChI is InChI=1S/C31H41N5O6/c1-21(30(39)33-24-12-6-3-7-13-24)32-20-28(37)27(16-22-10-4-2-5-11-22)34-31(40)23-17-25(19-26(18-23)36(41)42)35-15-9-8-14-29(35)38/h2,4-5,10-11,17-19,21,24,27-28,32,37H,3,6-9,12-16,20H2,1H3,(H,33,39)(H,34,40)/t21-,27-,28+/m0/s1. The molecule has 11 heteroatoms. The lowest BCUT2D eigenvalue weighted by molar-refractivity contribution is -0.384. The van der Waals surface area contributed by atoms with Crippen molar-refractivity contribution >= 4 is 29.1 Å². The predicted molar refractivity (Wildman–Crippen MR) is 159 cm³/mol. The van der Waals surface area contributed by atoms with Gasteiger partial charge in [-0.3, -0.25) is 24.5 Å². The van der Waals surface area contributed by atoms with E-state index in [0.29, 0.717) is 25.1 Å². The fraction of sp³-hybridized carbons (Fsp3) is 0.516. The van der Waals surface area contributed by atoms with Gasteiger partial charge in [-0.15, -0.1) is 0 Å². The fourth-order valence-electron chi connectivity index (χ4n) is 5.57. The van der Waals surface area contributed by atoms with Crippen LogP contribution in [0.5, 0.6) is 0 Å². The van der Waals surface area contributed by atoms with Crippen molar-refractivity contribution in [3.8, 4) is 0 Å². The van der Waals surface area contributed by atoms with Crippen LogP contribution in [-0.2, 0) is 16.0 Å². The Balaban J connectivity index is 1.47. The van der Waals surface area contributed by atoms with Gasteiger partial charge in [-0.2, -0.15) is 0 Å². The molecule has 4 N–H and O–H groups in total. The zero-order chi connectivity index (χ0) is 30.1. The Morgan fingerprint density at radius 2 is 1.81 bits per heavy atom. The molecule has 3 atom stereocenters. The molecule has 3 amide bonds. The first-order valence-electron chi connectivity index (χ1n) is 14.9. The molecule has 4 rings (SSSR count). The summed E-state index contributed by atoms with van der Waals surface area (Å²) < 4.78 is 0. The SMILES string of the molecule is C[C@H](NC[C@@H](O)[C@H](Cc1ccccc1)NC(=O)c1cc(N2CCCCC2=O)cc([N+](=O)[O-])c1)C(=O)NC1CCCCC1. The van der Waals surface area contributed by atoms with Crippen LogP contribution in [0, 0.1) is 10.1 Å². The van der Waals surface area contributed by atoms with Crippen LogP contribution in [0.25, 0.3) is 0 Å². The van der Waals surface area contributed by atoms with E-state index in [0.717, 1.165) is 44.1 Å². The molecular weight excluding hydrogens is 538 g/mol. The highest BCUT2D eigenvalue weighted by Gasteiger charge is 2.27. The summed E-state index contributed by atoms with van der Waals surface area (Å²) in [6.45, 7) is 2.20. The van der Waals surface area contributed by atoms with Crippen molar-refractivity contribution in [1.82, 2.24) is 16.0 Å². The third kappa shape index (κ3) is 8.59. The maximum Gasteiger partial charge on any atom is 0.272 e. The van der Waals surface area contributed by atoms with E-state index in [2.05, 4.69) is 16.0 Å². The largest absolute Gasteiger partial charge is 0.390 e. The number of benzene rings is 2. The number of aliphatic hydroxyl groups is 1. The molecule has 1 saturated carbocycles. The lowest BCUT2D eigenvalue weighted by Crippen LogP contribution is -2.53. The Kier molecular flexibility index (Phi) is 11.0. The van der Waals surface area contributed by atoms with E-state index in [1.165, 1.54) is 29.5 Å². The maximum atomic E-state index is 13.5. The molecule has 1 heterocycles. The summed E-state index contributed by atoms with van der Waals surface area (Å²) in [4.78, 5) is 51.3. The first-order chi connectivity index (χ1) is 20.2. The maximum absolute atomic E-state index is 13.5. The van der Waals surface area contributed by atoms with Crippen LogP contribution in [0.3, 0.4) is 0 Å². The topological polar surface area (TPSA) is 154 Å². The van der Waals surface area contributed by atoms with Crippen molar-refractivity contribution < 1.29 is 24.4 Å². The van der Waals surface area contributed by atoms with Crippen LogP contribution < -0.4 is 20.9 Å². The van der Waals surface area contributed by atoms with Crippen molar-refractivity contribution in [3.05, 3.63) is 69.8 Å². The van der Waals surface area contributed by atoms with E-state index in [1.54, 1.807) is 6.92 Å². The molecular formula is C31H41N5O6. The quantitative estimate of drug-likeness (QED) is 0.222. The Morgan fingerprint density at radius 3 is 2.50 bits per heavy atom. The number of carbonyl (C=O) groups is 3. The summed E-state index contributed by atoms with van der Waals surface area (Å²) in [5, 5.41) is 31.9. The number of hydrogen-bond donors (Lipinski definition) is 4. The van der Waals surface area contributed by atoms with Crippen LogP contribution >= 0.6 is 0 Å². The molecule has 0 spiro atoms. The van der Waals surface area contributed by atoms with E-state index >= 15 is 0 Å². The van der Waals surface area contributed by atoms with E-state index < -0.39 is 29.0 Å². The second-order valence-corrected chi connectivity index (χ2v) is 11.3. The molecule has 226 valence electrons. The Morgan fingerprint density at radius 1 is 1.07 bits per heavy atom.